The molecule has 1 N–H and O–H groups in total. The van der Waals surface area contributed by atoms with Gasteiger partial charge in [-0.1, -0.05) is 30.3 Å². The maximum Gasteiger partial charge on any atom is 0.410 e. The quantitative estimate of drug-likeness (QED) is 0.913. The second kappa shape index (κ2) is 7.14. The molecule has 1 aromatic carbocycles. The Kier molecular flexibility index (Phi) is 5.48. The second-order valence-corrected chi connectivity index (χ2v) is 5.77. The van der Waals surface area contributed by atoms with Gasteiger partial charge in [0.05, 0.1) is 0 Å². The van der Waals surface area contributed by atoms with Crippen molar-refractivity contribution in [3.05, 3.63) is 35.9 Å². The van der Waals surface area contributed by atoms with Crippen molar-refractivity contribution in [1.82, 2.24) is 10.2 Å². The molecule has 1 amide bonds. The Balaban J connectivity index is 0.00000161. The van der Waals surface area contributed by atoms with Gasteiger partial charge in [0.2, 0.25) is 0 Å². The highest BCUT2D eigenvalue weighted by Gasteiger charge is 2.44. The van der Waals surface area contributed by atoms with Crippen molar-refractivity contribution in [2.45, 2.75) is 37.8 Å². The van der Waals surface area contributed by atoms with Gasteiger partial charge < -0.3 is 15.0 Å². The summed E-state index contributed by atoms with van der Waals surface area (Å²) in [6, 6.07) is 9.87. The molecule has 4 nitrogen and oxygen atoms in total. The fourth-order valence-corrected chi connectivity index (χ4v) is 3.43. The lowest BCUT2D eigenvalue weighted by Gasteiger charge is -2.41. The molecule has 0 radical (unpaired) electrons. The third-order valence-electron chi connectivity index (χ3n) is 4.56. The summed E-state index contributed by atoms with van der Waals surface area (Å²) in [5.41, 5.74) is 1.10. The number of rotatable bonds is 2. The van der Waals surface area contributed by atoms with Gasteiger partial charge in [-0.05, 0) is 44.3 Å². The first kappa shape index (κ1) is 16.1. The standard InChI is InChI=1S/C16H22N2O2.ClH/c19-15(20-13-14-5-2-1-3-6-14)18-12-4-7-16(18)8-10-17-11-9-16;/h1-3,5-6,17H,4,7-13H2;1H. The van der Waals surface area contributed by atoms with Gasteiger partial charge in [-0.25, -0.2) is 4.79 Å². The Morgan fingerprint density at radius 2 is 1.90 bits per heavy atom. The van der Waals surface area contributed by atoms with Gasteiger partial charge in [0.1, 0.15) is 6.61 Å². The van der Waals surface area contributed by atoms with Crippen LogP contribution < -0.4 is 5.32 Å². The maximum absolute atomic E-state index is 12.4. The predicted octanol–water partition coefficient (Wildman–Crippen LogP) is 2.96. The van der Waals surface area contributed by atoms with Crippen LogP contribution in [-0.4, -0.2) is 36.2 Å². The molecule has 2 fully saturated rings. The number of amides is 1. The average molecular weight is 311 g/mol. The highest BCUT2D eigenvalue weighted by Crippen LogP contribution is 2.37. The van der Waals surface area contributed by atoms with Crippen LogP contribution in [0.3, 0.4) is 0 Å². The Morgan fingerprint density at radius 3 is 2.62 bits per heavy atom. The zero-order valence-electron chi connectivity index (χ0n) is 12.2. The molecule has 21 heavy (non-hydrogen) atoms. The van der Waals surface area contributed by atoms with E-state index in [0.29, 0.717) is 6.61 Å². The number of halogens is 1. The molecule has 2 saturated heterocycles. The lowest BCUT2D eigenvalue weighted by molar-refractivity contribution is 0.0523. The average Bonchev–Trinajstić information content (AvgIpc) is 2.90. The fraction of sp³-hybridized carbons (Fsp3) is 0.562. The molecule has 0 unspecified atom stereocenters. The normalized spacial score (nSPS) is 20.1. The van der Waals surface area contributed by atoms with Gasteiger partial charge in [0.25, 0.3) is 0 Å². The van der Waals surface area contributed by atoms with E-state index in [1.807, 2.05) is 35.2 Å². The van der Waals surface area contributed by atoms with Crippen molar-refractivity contribution < 1.29 is 9.53 Å². The smallest absolute Gasteiger partial charge is 0.410 e. The van der Waals surface area contributed by atoms with Crippen molar-refractivity contribution in [1.29, 1.82) is 0 Å². The number of carbonyl (C=O) groups is 1. The zero-order chi connectivity index (χ0) is 13.8. The summed E-state index contributed by atoms with van der Waals surface area (Å²) in [6.45, 7) is 3.21. The minimum atomic E-state index is -0.145. The van der Waals surface area contributed by atoms with Crippen LogP contribution >= 0.6 is 12.4 Å². The van der Waals surface area contributed by atoms with Gasteiger partial charge in [0, 0.05) is 12.1 Å². The molecule has 116 valence electrons. The Hall–Kier alpha value is -1.26. The number of ether oxygens (including phenoxy) is 1. The van der Waals surface area contributed by atoms with Gasteiger partial charge in [0.15, 0.2) is 0 Å². The first-order chi connectivity index (χ1) is 9.80. The van der Waals surface area contributed by atoms with E-state index in [0.717, 1.165) is 50.9 Å². The van der Waals surface area contributed by atoms with E-state index in [4.69, 9.17) is 4.74 Å². The third-order valence-corrected chi connectivity index (χ3v) is 4.56. The Morgan fingerprint density at radius 1 is 1.19 bits per heavy atom. The molecular formula is C16H23ClN2O2. The molecule has 2 heterocycles. The second-order valence-electron chi connectivity index (χ2n) is 5.77. The lowest BCUT2D eigenvalue weighted by atomic mass is 9.86. The van der Waals surface area contributed by atoms with E-state index in [9.17, 15) is 4.79 Å². The summed E-state index contributed by atoms with van der Waals surface area (Å²) < 4.78 is 5.51. The summed E-state index contributed by atoms with van der Waals surface area (Å²) in [5, 5.41) is 3.37. The van der Waals surface area contributed by atoms with Crippen molar-refractivity contribution in [2.75, 3.05) is 19.6 Å². The van der Waals surface area contributed by atoms with Gasteiger partial charge in [-0.2, -0.15) is 0 Å². The largest absolute Gasteiger partial charge is 0.445 e. The molecule has 2 aliphatic heterocycles. The van der Waals surface area contributed by atoms with Crippen molar-refractivity contribution in [3.63, 3.8) is 0 Å². The highest BCUT2D eigenvalue weighted by atomic mass is 35.5. The summed E-state index contributed by atoms with van der Waals surface area (Å²) in [6.07, 6.45) is 4.17. The molecule has 1 spiro atoms. The van der Waals surface area contributed by atoms with Crippen LogP contribution in [0.25, 0.3) is 0 Å². The zero-order valence-corrected chi connectivity index (χ0v) is 13.0. The first-order valence-electron chi connectivity index (χ1n) is 7.49. The van der Waals surface area contributed by atoms with Crippen molar-refractivity contribution in [3.8, 4) is 0 Å². The molecule has 0 aliphatic carbocycles. The van der Waals surface area contributed by atoms with Gasteiger partial charge in [-0.15, -0.1) is 12.4 Å². The third kappa shape index (κ3) is 3.50. The number of piperidine rings is 1. The first-order valence-corrected chi connectivity index (χ1v) is 7.49. The van der Waals surface area contributed by atoms with Gasteiger partial charge in [-0.3, -0.25) is 0 Å². The van der Waals surface area contributed by atoms with Crippen LogP contribution in [0, 0.1) is 0 Å². The molecular weight excluding hydrogens is 288 g/mol. The van der Waals surface area contributed by atoms with Crippen molar-refractivity contribution in [2.24, 2.45) is 0 Å². The molecule has 1 aromatic rings. The number of benzene rings is 1. The van der Waals surface area contributed by atoms with Gasteiger partial charge >= 0.3 is 6.09 Å². The summed E-state index contributed by atoms with van der Waals surface area (Å²) in [5.74, 6) is 0. The number of hydrogen-bond donors (Lipinski definition) is 1. The SMILES string of the molecule is Cl.O=C(OCc1ccccc1)N1CCCC12CCNCC2. The van der Waals surface area contributed by atoms with Crippen LogP contribution in [0.2, 0.25) is 0 Å². The highest BCUT2D eigenvalue weighted by molar-refractivity contribution is 5.85. The maximum atomic E-state index is 12.4. The number of nitrogens with zero attached hydrogens (tertiary/aromatic N) is 1. The summed E-state index contributed by atoms with van der Waals surface area (Å²) in [7, 11) is 0. The molecule has 0 aromatic heterocycles. The van der Waals surface area contributed by atoms with Crippen LogP contribution in [0.15, 0.2) is 30.3 Å². The van der Waals surface area contributed by atoms with E-state index < -0.39 is 0 Å². The van der Waals surface area contributed by atoms with Crippen LogP contribution in [0.5, 0.6) is 0 Å². The van der Waals surface area contributed by atoms with Crippen LogP contribution in [0.4, 0.5) is 4.79 Å². The van der Waals surface area contributed by atoms with Crippen LogP contribution in [-0.2, 0) is 11.3 Å². The van der Waals surface area contributed by atoms with E-state index in [1.165, 1.54) is 0 Å². The monoisotopic (exact) mass is 310 g/mol. The molecule has 2 aliphatic rings. The molecule has 0 saturated carbocycles. The molecule has 3 rings (SSSR count). The van der Waals surface area contributed by atoms with E-state index in [2.05, 4.69) is 5.32 Å². The molecule has 0 atom stereocenters. The minimum Gasteiger partial charge on any atom is -0.445 e. The molecule has 5 heteroatoms. The number of carbonyl (C=O) groups excluding carboxylic acids is 1. The topological polar surface area (TPSA) is 41.6 Å². The van der Waals surface area contributed by atoms with E-state index >= 15 is 0 Å². The minimum absolute atomic E-state index is 0. The van der Waals surface area contributed by atoms with E-state index in [1.54, 1.807) is 0 Å². The summed E-state index contributed by atoms with van der Waals surface area (Å²) >= 11 is 0. The Labute approximate surface area is 132 Å². The fourth-order valence-electron chi connectivity index (χ4n) is 3.43. The number of likely N-dealkylation sites (tertiary alicyclic amines) is 1. The predicted molar refractivity (Wildman–Crippen MR) is 84.6 cm³/mol. The van der Waals surface area contributed by atoms with Crippen LogP contribution in [0.1, 0.15) is 31.2 Å². The Bertz CT molecular complexity index is 461. The van der Waals surface area contributed by atoms with E-state index in [-0.39, 0.29) is 24.0 Å². The number of hydrogen-bond acceptors (Lipinski definition) is 3. The number of nitrogens with one attached hydrogen (secondary N) is 1. The molecule has 0 bridgehead atoms. The van der Waals surface area contributed by atoms with Crippen molar-refractivity contribution >= 4 is 18.5 Å². The lowest BCUT2D eigenvalue weighted by Crippen LogP contribution is -2.53. The summed E-state index contributed by atoms with van der Waals surface area (Å²) in [4.78, 5) is 14.4.